The van der Waals surface area contributed by atoms with Gasteiger partial charge in [-0.05, 0) is 41.8 Å². The number of amides is 1. The van der Waals surface area contributed by atoms with Crippen molar-refractivity contribution in [2.24, 2.45) is 0 Å². The monoisotopic (exact) mass is 429 g/mol. The van der Waals surface area contributed by atoms with E-state index in [0.29, 0.717) is 11.5 Å². The first-order chi connectivity index (χ1) is 14.0. The van der Waals surface area contributed by atoms with Crippen LogP contribution in [0.1, 0.15) is 22.2 Å². The van der Waals surface area contributed by atoms with Gasteiger partial charge in [-0.1, -0.05) is 17.7 Å². The number of ketones is 1. The molecule has 1 aliphatic rings. The third-order valence-corrected chi connectivity index (χ3v) is 5.94. The van der Waals surface area contributed by atoms with Gasteiger partial charge in [0, 0.05) is 10.4 Å². The predicted octanol–water partition coefficient (Wildman–Crippen LogP) is 4.63. The van der Waals surface area contributed by atoms with Gasteiger partial charge in [-0.3, -0.25) is 9.59 Å². The molecule has 1 amide bonds. The molecule has 3 aromatic rings. The standard InChI is InChI=1S/C21H16ClNO5S/c1-27-12-6-7-15(22)14(10-12)19(24)17-18(16-5-3-9-29-16)23(21(26)20(17)25)11-13-4-2-8-28-13/h2-10,18,24H,11H2,1H3/b19-17-. The Hall–Kier alpha value is -3.03. The Morgan fingerprint density at radius 2 is 2.10 bits per heavy atom. The van der Waals surface area contributed by atoms with E-state index < -0.39 is 17.7 Å². The van der Waals surface area contributed by atoms with Crippen molar-refractivity contribution in [3.63, 3.8) is 0 Å². The number of hydrogen-bond acceptors (Lipinski definition) is 6. The summed E-state index contributed by atoms with van der Waals surface area (Å²) in [6.45, 7) is 0.1000. The number of halogens is 1. The smallest absolute Gasteiger partial charge is 0.296 e. The Labute approximate surface area is 175 Å². The Morgan fingerprint density at radius 1 is 1.28 bits per heavy atom. The van der Waals surface area contributed by atoms with Crippen molar-refractivity contribution in [2.75, 3.05) is 7.11 Å². The second kappa shape index (κ2) is 7.77. The van der Waals surface area contributed by atoms with Crippen LogP contribution >= 0.6 is 22.9 Å². The zero-order chi connectivity index (χ0) is 20.5. The SMILES string of the molecule is COc1ccc(Cl)c(/C(O)=C2/C(=O)C(=O)N(Cc3ccco3)C2c2cccs2)c1. The summed E-state index contributed by atoms with van der Waals surface area (Å²) < 4.78 is 10.6. The van der Waals surface area contributed by atoms with Gasteiger partial charge in [0.1, 0.15) is 23.3 Å². The second-order valence-corrected chi connectivity index (χ2v) is 7.75. The summed E-state index contributed by atoms with van der Waals surface area (Å²) in [4.78, 5) is 27.9. The number of aliphatic hydroxyl groups is 1. The molecule has 0 saturated carbocycles. The molecule has 0 spiro atoms. The van der Waals surface area contributed by atoms with Gasteiger partial charge < -0.3 is 19.2 Å². The zero-order valence-electron chi connectivity index (χ0n) is 15.3. The van der Waals surface area contributed by atoms with E-state index in [0.717, 1.165) is 4.88 Å². The summed E-state index contributed by atoms with van der Waals surface area (Å²) in [7, 11) is 1.49. The van der Waals surface area contributed by atoms with Crippen LogP contribution in [0.25, 0.3) is 5.76 Å². The maximum absolute atomic E-state index is 12.9. The van der Waals surface area contributed by atoms with Crippen LogP contribution in [0.3, 0.4) is 0 Å². The maximum Gasteiger partial charge on any atom is 0.296 e. The van der Waals surface area contributed by atoms with E-state index in [-0.39, 0.29) is 28.5 Å². The first-order valence-electron chi connectivity index (χ1n) is 8.69. The van der Waals surface area contributed by atoms with E-state index in [1.165, 1.54) is 35.7 Å². The Kier molecular flexibility index (Phi) is 5.17. The van der Waals surface area contributed by atoms with Gasteiger partial charge in [0.2, 0.25) is 0 Å². The molecule has 148 valence electrons. The highest BCUT2D eigenvalue weighted by atomic mass is 35.5. The predicted molar refractivity (Wildman–Crippen MR) is 109 cm³/mol. The fraction of sp³-hybridized carbons (Fsp3) is 0.143. The number of likely N-dealkylation sites (tertiary alicyclic amines) is 1. The summed E-state index contributed by atoms with van der Waals surface area (Å²) in [5.74, 6) is -0.819. The molecule has 1 fully saturated rings. The molecule has 29 heavy (non-hydrogen) atoms. The molecule has 0 aliphatic carbocycles. The van der Waals surface area contributed by atoms with Gasteiger partial charge in [-0.2, -0.15) is 0 Å². The summed E-state index contributed by atoms with van der Waals surface area (Å²) in [5.41, 5.74) is 0.211. The molecular formula is C21H16ClNO5S. The van der Waals surface area contributed by atoms with Crippen LogP contribution in [-0.4, -0.2) is 28.8 Å². The van der Waals surface area contributed by atoms with Crippen molar-refractivity contribution in [1.82, 2.24) is 4.90 Å². The molecule has 1 unspecified atom stereocenters. The Balaban J connectivity index is 1.87. The number of nitrogens with zero attached hydrogens (tertiary/aromatic N) is 1. The molecule has 1 N–H and O–H groups in total. The molecule has 1 saturated heterocycles. The van der Waals surface area contributed by atoms with Crippen molar-refractivity contribution in [3.8, 4) is 5.75 Å². The lowest BCUT2D eigenvalue weighted by Gasteiger charge is -2.23. The van der Waals surface area contributed by atoms with Crippen LogP contribution in [-0.2, 0) is 16.1 Å². The van der Waals surface area contributed by atoms with E-state index in [2.05, 4.69) is 0 Å². The number of carbonyl (C=O) groups excluding carboxylic acids is 2. The first-order valence-corrected chi connectivity index (χ1v) is 9.95. The van der Waals surface area contributed by atoms with Crippen LogP contribution in [0.5, 0.6) is 5.75 Å². The van der Waals surface area contributed by atoms with Crippen LogP contribution in [0.4, 0.5) is 0 Å². The van der Waals surface area contributed by atoms with Gasteiger partial charge in [0.05, 0.1) is 30.5 Å². The van der Waals surface area contributed by atoms with E-state index in [9.17, 15) is 14.7 Å². The van der Waals surface area contributed by atoms with Gasteiger partial charge in [0.25, 0.3) is 11.7 Å². The number of rotatable bonds is 5. The molecule has 4 rings (SSSR count). The average molecular weight is 430 g/mol. The van der Waals surface area contributed by atoms with E-state index in [1.54, 1.807) is 24.3 Å². The molecule has 1 atom stereocenters. The number of thiophene rings is 1. The zero-order valence-corrected chi connectivity index (χ0v) is 16.9. The number of aliphatic hydroxyl groups excluding tert-OH is 1. The third kappa shape index (κ3) is 3.43. The molecule has 2 aromatic heterocycles. The van der Waals surface area contributed by atoms with Crippen molar-refractivity contribution < 1.29 is 23.8 Å². The van der Waals surface area contributed by atoms with Crippen molar-refractivity contribution in [1.29, 1.82) is 0 Å². The summed E-state index contributed by atoms with van der Waals surface area (Å²) in [6.07, 6.45) is 1.50. The fourth-order valence-corrected chi connectivity index (χ4v) is 4.37. The van der Waals surface area contributed by atoms with Crippen LogP contribution in [0.15, 0.2) is 64.1 Å². The molecule has 1 aliphatic heterocycles. The number of benzene rings is 1. The highest BCUT2D eigenvalue weighted by molar-refractivity contribution is 7.10. The van der Waals surface area contributed by atoms with Gasteiger partial charge in [-0.15, -0.1) is 11.3 Å². The average Bonchev–Trinajstić information content (AvgIpc) is 3.47. The highest BCUT2D eigenvalue weighted by Gasteiger charge is 2.47. The number of methoxy groups -OCH3 is 1. The Morgan fingerprint density at radius 3 is 2.76 bits per heavy atom. The number of hydrogen-bond donors (Lipinski definition) is 1. The van der Waals surface area contributed by atoms with Gasteiger partial charge >= 0.3 is 0 Å². The van der Waals surface area contributed by atoms with Gasteiger partial charge in [-0.25, -0.2) is 0 Å². The molecule has 1 aromatic carbocycles. The van der Waals surface area contributed by atoms with Crippen molar-refractivity contribution >= 4 is 40.4 Å². The maximum atomic E-state index is 12.9. The largest absolute Gasteiger partial charge is 0.507 e. The number of Topliss-reactive ketones (excluding diaryl/α,β-unsaturated/α-hetero) is 1. The second-order valence-electron chi connectivity index (χ2n) is 6.37. The van der Waals surface area contributed by atoms with Gasteiger partial charge in [0.15, 0.2) is 0 Å². The molecule has 0 radical (unpaired) electrons. The molecule has 8 heteroatoms. The Bertz CT molecular complexity index is 1090. The van der Waals surface area contributed by atoms with E-state index in [1.807, 2.05) is 17.5 Å². The molecule has 3 heterocycles. The number of furan rings is 1. The molecule has 0 bridgehead atoms. The van der Waals surface area contributed by atoms with Crippen molar-refractivity contribution in [2.45, 2.75) is 12.6 Å². The minimum absolute atomic E-state index is 0.0147. The minimum Gasteiger partial charge on any atom is -0.507 e. The number of ether oxygens (including phenoxy) is 1. The number of carbonyl (C=O) groups is 2. The lowest BCUT2D eigenvalue weighted by atomic mass is 9.99. The van der Waals surface area contributed by atoms with Crippen LogP contribution in [0.2, 0.25) is 5.02 Å². The van der Waals surface area contributed by atoms with Crippen LogP contribution < -0.4 is 4.74 Å². The summed E-state index contributed by atoms with van der Waals surface area (Å²) in [5, 5.41) is 13.1. The fourth-order valence-electron chi connectivity index (χ4n) is 3.31. The first kappa shape index (κ1) is 19.3. The lowest BCUT2D eigenvalue weighted by Crippen LogP contribution is -2.28. The lowest BCUT2D eigenvalue weighted by molar-refractivity contribution is -0.140. The highest BCUT2D eigenvalue weighted by Crippen LogP contribution is 2.43. The summed E-state index contributed by atoms with van der Waals surface area (Å²) in [6, 6.07) is 11.1. The normalized spacial score (nSPS) is 18.4. The topological polar surface area (TPSA) is 80.0 Å². The minimum atomic E-state index is -0.772. The third-order valence-electron chi connectivity index (χ3n) is 4.69. The molecular weight excluding hydrogens is 414 g/mol. The quantitative estimate of drug-likeness (QED) is 0.363. The van der Waals surface area contributed by atoms with Crippen LogP contribution in [0, 0.1) is 0 Å². The summed E-state index contributed by atoms with van der Waals surface area (Å²) >= 11 is 7.65. The van der Waals surface area contributed by atoms with E-state index >= 15 is 0 Å². The molecule has 6 nitrogen and oxygen atoms in total. The van der Waals surface area contributed by atoms with E-state index in [4.69, 9.17) is 20.8 Å². The van der Waals surface area contributed by atoms with Crippen molar-refractivity contribution in [3.05, 3.63) is 80.9 Å².